The van der Waals surface area contributed by atoms with E-state index in [1.165, 1.54) is 123 Å². The summed E-state index contributed by atoms with van der Waals surface area (Å²) in [5.74, 6) is 0. The summed E-state index contributed by atoms with van der Waals surface area (Å²) in [6.07, 6.45) is 0. The second-order valence-corrected chi connectivity index (χ2v) is 21.4. The molecule has 0 aliphatic carbocycles. The quantitative estimate of drug-likeness (QED) is 0.122. The zero-order chi connectivity index (χ0) is 45.4. The van der Waals surface area contributed by atoms with Crippen LogP contribution in [0.4, 0.5) is 0 Å². The van der Waals surface area contributed by atoms with E-state index in [1.807, 2.05) is 0 Å². The van der Waals surface area contributed by atoms with E-state index in [2.05, 4.69) is 249 Å². The molecule has 0 nitrogen and oxygen atoms in total. The molecule has 0 fully saturated rings. The topological polar surface area (TPSA) is 0 Å². The number of benzene rings is 6. The van der Waals surface area contributed by atoms with Crippen LogP contribution >= 0.6 is 0 Å². The molecule has 8 aromatic rings. The van der Waals surface area contributed by atoms with E-state index >= 15 is 0 Å². The summed E-state index contributed by atoms with van der Waals surface area (Å²) >= 11 is 1.36. The molecule has 0 bridgehead atoms. The molecule has 0 saturated heterocycles. The van der Waals surface area contributed by atoms with Crippen LogP contribution in [0.2, 0.25) is 0 Å². The van der Waals surface area contributed by atoms with Gasteiger partial charge in [-0.25, -0.2) is 0 Å². The predicted molar refractivity (Wildman–Crippen MR) is 284 cm³/mol. The molecule has 2 radical (unpaired) electrons. The molecule has 8 aromatic carbocycles. The third-order valence-electron chi connectivity index (χ3n) is 12.3. The average molecular weight is 937 g/mol. The van der Waals surface area contributed by atoms with E-state index in [4.69, 9.17) is 0 Å². The first-order valence-electron chi connectivity index (χ1n) is 22.2. The summed E-state index contributed by atoms with van der Waals surface area (Å²) in [4.78, 5) is 0. The Bertz CT molecular complexity index is 2380. The maximum atomic E-state index is 3.06. The third kappa shape index (κ3) is 11.7. The van der Waals surface area contributed by atoms with Gasteiger partial charge in [0, 0.05) is 0 Å². The Morgan fingerprint density at radius 1 is 0.328 bits per heavy atom. The van der Waals surface area contributed by atoms with Crippen molar-refractivity contribution in [2.45, 2.75) is 119 Å². The van der Waals surface area contributed by atoms with Crippen molar-refractivity contribution in [2.24, 2.45) is 0 Å². The van der Waals surface area contributed by atoms with Crippen LogP contribution in [-0.2, 0) is 45.0 Å². The number of hydrogen-bond acceptors (Lipinski definition) is 0. The summed E-state index contributed by atoms with van der Waals surface area (Å²) in [6.45, 7) is 34.6. The zero-order valence-corrected chi connectivity index (χ0v) is 45.3. The van der Waals surface area contributed by atoms with Gasteiger partial charge in [0.1, 0.15) is 0 Å². The van der Waals surface area contributed by atoms with E-state index in [9.17, 15) is 0 Å². The molecule has 64 heavy (non-hydrogen) atoms. The van der Waals surface area contributed by atoms with Crippen molar-refractivity contribution >= 4 is 28.4 Å². The van der Waals surface area contributed by atoms with Gasteiger partial charge in [-0.15, -0.1) is 44.8 Å². The Morgan fingerprint density at radius 3 is 0.750 bits per heavy atom. The van der Waals surface area contributed by atoms with Crippen molar-refractivity contribution in [3.63, 3.8) is 0 Å². The molecule has 0 unspecified atom stereocenters. The van der Waals surface area contributed by atoms with Crippen LogP contribution in [0.25, 0.3) is 66.1 Å². The maximum absolute atomic E-state index is 3.06. The Hall–Kier alpha value is -4.36. The van der Waals surface area contributed by atoms with Gasteiger partial charge in [0.2, 0.25) is 0 Å². The van der Waals surface area contributed by atoms with Gasteiger partial charge in [-0.05, 0) is 55.0 Å². The number of fused-ring (bicyclic) bond motifs is 2. The van der Waals surface area contributed by atoms with E-state index in [1.54, 1.807) is 0 Å². The second kappa shape index (κ2) is 20.4. The summed E-state index contributed by atoms with van der Waals surface area (Å²) in [7, 11) is 0. The SMILES string of the molecule is Cc1cc2c(-c3ccc(C(C)(C)C)cc3)ccc(-c3ccc(C(C)(C)C)cc3)c2[cH-]1.Cc1cc2c(-c3ccc(C(C)(C)C)cc3)ccc(-c3ccc(C(C)(C)C)cc3)c2[cH-]1.[CH3-].[CH3-].[Si]=[Zr]. The van der Waals surface area contributed by atoms with E-state index < -0.39 is 0 Å². The molecular weight excluding hydrogens is 864 g/mol. The third-order valence-corrected chi connectivity index (χ3v) is 12.3. The van der Waals surface area contributed by atoms with Crippen molar-refractivity contribution in [1.29, 1.82) is 0 Å². The van der Waals surface area contributed by atoms with Crippen LogP contribution in [0.1, 0.15) is 116 Å². The molecule has 0 aliphatic heterocycles. The molecule has 0 aromatic heterocycles. The van der Waals surface area contributed by atoms with Gasteiger partial charge in [0.25, 0.3) is 0 Å². The zero-order valence-electron chi connectivity index (χ0n) is 41.9. The molecule has 0 atom stereocenters. The molecule has 0 saturated carbocycles. The van der Waals surface area contributed by atoms with Crippen molar-refractivity contribution in [1.82, 2.24) is 0 Å². The molecule has 2 heteroatoms. The van der Waals surface area contributed by atoms with Crippen molar-refractivity contribution in [3.05, 3.63) is 194 Å². The Labute approximate surface area is 405 Å². The van der Waals surface area contributed by atoms with Gasteiger partial charge in [0.05, 0.1) is 0 Å². The van der Waals surface area contributed by atoms with Gasteiger partial charge in [-0.1, -0.05) is 252 Å². The fraction of sp³-hybridized carbons (Fsp3) is 0.290. The molecule has 0 heterocycles. The van der Waals surface area contributed by atoms with Crippen LogP contribution in [0, 0.1) is 28.7 Å². The second-order valence-electron chi connectivity index (χ2n) is 21.4. The first kappa shape index (κ1) is 52.3. The van der Waals surface area contributed by atoms with Gasteiger partial charge in [0.15, 0.2) is 0 Å². The molecule has 332 valence electrons. The summed E-state index contributed by atoms with van der Waals surface area (Å²) < 4.78 is 0. The molecule has 8 rings (SSSR count). The van der Waals surface area contributed by atoms with Gasteiger partial charge in [-0.2, -0.15) is 12.1 Å². The predicted octanol–water partition coefficient (Wildman–Crippen LogP) is 18.1. The fourth-order valence-electron chi connectivity index (χ4n) is 8.49. The Morgan fingerprint density at radius 2 is 0.531 bits per heavy atom. The van der Waals surface area contributed by atoms with E-state index in [-0.39, 0.29) is 36.5 Å². The fourth-order valence-corrected chi connectivity index (χ4v) is 8.49. The summed E-state index contributed by atoms with van der Waals surface area (Å²) in [5.41, 5.74) is 19.2. The Kier molecular flexibility index (Phi) is 16.7. The van der Waals surface area contributed by atoms with Crippen LogP contribution in [-0.4, -0.2) is 6.88 Å². The Balaban J connectivity index is 0.000000262. The molecule has 0 spiro atoms. The number of rotatable bonds is 4. The molecule has 0 amide bonds. The van der Waals surface area contributed by atoms with Crippen LogP contribution in [0.5, 0.6) is 0 Å². The monoisotopic (exact) mass is 934 g/mol. The van der Waals surface area contributed by atoms with E-state index in [0.29, 0.717) is 0 Å². The van der Waals surface area contributed by atoms with Crippen molar-refractivity contribution < 1.29 is 23.3 Å². The van der Waals surface area contributed by atoms with Gasteiger partial charge >= 0.3 is 30.2 Å². The minimum atomic E-state index is 0. The normalized spacial score (nSPS) is 11.8. The van der Waals surface area contributed by atoms with Crippen molar-refractivity contribution in [2.75, 3.05) is 0 Å². The molecule has 0 N–H and O–H groups in total. The average Bonchev–Trinajstić information content (AvgIpc) is 3.82. The van der Waals surface area contributed by atoms with Gasteiger partial charge < -0.3 is 14.9 Å². The number of hydrogen-bond donors (Lipinski definition) is 0. The van der Waals surface area contributed by atoms with Crippen LogP contribution in [0.15, 0.2) is 146 Å². The minimum absolute atomic E-state index is 0. The first-order valence-corrected chi connectivity index (χ1v) is 26.4. The standard InChI is InChI=1S/2C30H33.2CH3.Si.Zr/c2*1-20-18-27-25(21-8-12-23(13-9-21)29(2,3)4)16-17-26(28(27)19-20)22-10-14-24(15-11-22)30(5,6)7;;;;/h2*8-19H,1-7H3;2*1H3;;/q4*-1;;. The summed E-state index contributed by atoms with van der Waals surface area (Å²) in [6, 6.07) is 54.9. The molecule has 0 aliphatic rings. The summed E-state index contributed by atoms with van der Waals surface area (Å²) in [5, 5.41) is 5.36. The van der Waals surface area contributed by atoms with Crippen LogP contribution in [0.3, 0.4) is 0 Å². The van der Waals surface area contributed by atoms with Crippen LogP contribution < -0.4 is 0 Å². The number of aryl methyl sites for hydroxylation is 2. The van der Waals surface area contributed by atoms with E-state index in [0.717, 1.165) is 0 Å². The first-order chi connectivity index (χ1) is 29.1. The molecular formula is C62H72SiZr-4. The van der Waals surface area contributed by atoms with Crippen molar-refractivity contribution in [3.8, 4) is 44.5 Å². The van der Waals surface area contributed by atoms with Gasteiger partial charge in [-0.3, -0.25) is 0 Å².